The summed E-state index contributed by atoms with van der Waals surface area (Å²) in [6, 6.07) is 5.03. The van der Waals surface area contributed by atoms with E-state index in [1.807, 2.05) is 0 Å². The van der Waals surface area contributed by atoms with Crippen molar-refractivity contribution in [2.45, 2.75) is 31.6 Å². The van der Waals surface area contributed by atoms with Crippen molar-refractivity contribution < 1.29 is 13.6 Å². The highest BCUT2D eigenvalue weighted by Gasteiger charge is 2.40. The van der Waals surface area contributed by atoms with Crippen LogP contribution >= 0.6 is 15.9 Å². The van der Waals surface area contributed by atoms with E-state index in [-0.39, 0.29) is 31.0 Å². The molecule has 5 heteroatoms. The molecule has 0 aromatic heterocycles. The number of alkyl halides is 2. The van der Waals surface area contributed by atoms with Crippen molar-refractivity contribution in [3.8, 4) is 0 Å². The molecule has 0 heterocycles. The number of anilines is 1. The first-order valence-electron chi connectivity index (χ1n) is 5.83. The Bertz CT molecular complexity index is 476. The van der Waals surface area contributed by atoms with Gasteiger partial charge in [0.2, 0.25) is 5.92 Å². The average molecular weight is 318 g/mol. The third-order valence-corrected chi connectivity index (χ3v) is 3.79. The number of rotatable bonds is 3. The Morgan fingerprint density at radius 3 is 2.83 bits per heavy atom. The van der Waals surface area contributed by atoms with Gasteiger partial charge in [-0.3, -0.25) is 4.79 Å². The van der Waals surface area contributed by atoms with Gasteiger partial charge in [-0.15, -0.1) is 0 Å². The zero-order valence-electron chi connectivity index (χ0n) is 9.76. The molecule has 2 nitrogen and oxygen atoms in total. The minimum absolute atomic E-state index is 0.112. The number of benzene rings is 1. The first kappa shape index (κ1) is 13.5. The number of hydrogen-bond acceptors (Lipinski definition) is 2. The number of nitrogen functional groups attached to an aromatic ring is 1. The third kappa shape index (κ3) is 3.07. The molecular weight excluding hydrogens is 304 g/mol. The lowest BCUT2D eigenvalue weighted by molar-refractivity contribution is 0.00497. The van der Waals surface area contributed by atoms with E-state index in [1.165, 1.54) is 0 Å². The van der Waals surface area contributed by atoms with Crippen LogP contribution < -0.4 is 5.73 Å². The van der Waals surface area contributed by atoms with E-state index < -0.39 is 5.92 Å². The molecule has 2 N–H and O–H groups in total. The quantitative estimate of drug-likeness (QED) is 0.675. The molecule has 1 saturated carbocycles. The summed E-state index contributed by atoms with van der Waals surface area (Å²) in [6.45, 7) is 0. The molecule has 1 aromatic rings. The Kier molecular flexibility index (Phi) is 3.71. The summed E-state index contributed by atoms with van der Waals surface area (Å²) < 4.78 is 26.9. The summed E-state index contributed by atoms with van der Waals surface area (Å²) in [5.41, 5.74) is 6.54. The highest BCUT2D eigenvalue weighted by atomic mass is 79.9. The molecule has 0 radical (unpaired) electrons. The molecule has 1 aromatic carbocycles. The SMILES string of the molecule is Nc1ccc(Br)cc1C(=O)CC1CCC(F)(F)C1. The van der Waals surface area contributed by atoms with Gasteiger partial charge in [0.1, 0.15) is 0 Å². The first-order valence-corrected chi connectivity index (χ1v) is 6.63. The van der Waals surface area contributed by atoms with Crippen LogP contribution in [0.2, 0.25) is 0 Å². The van der Waals surface area contributed by atoms with Crippen LogP contribution in [-0.2, 0) is 0 Å². The second kappa shape index (κ2) is 4.96. The fourth-order valence-electron chi connectivity index (χ4n) is 2.36. The summed E-state index contributed by atoms with van der Waals surface area (Å²) in [5.74, 6) is -2.99. The number of ketones is 1. The van der Waals surface area contributed by atoms with Gasteiger partial charge >= 0.3 is 0 Å². The van der Waals surface area contributed by atoms with Gasteiger partial charge in [0.25, 0.3) is 0 Å². The van der Waals surface area contributed by atoms with Crippen LogP contribution in [0.1, 0.15) is 36.0 Å². The van der Waals surface area contributed by atoms with Crippen LogP contribution in [0, 0.1) is 5.92 Å². The number of Topliss-reactive ketones (excluding diaryl/α,β-unsaturated/α-hetero) is 1. The predicted molar refractivity (Wildman–Crippen MR) is 69.8 cm³/mol. The van der Waals surface area contributed by atoms with E-state index in [4.69, 9.17) is 5.73 Å². The topological polar surface area (TPSA) is 43.1 Å². The summed E-state index contributed by atoms with van der Waals surface area (Å²) in [7, 11) is 0. The molecule has 0 spiro atoms. The van der Waals surface area contributed by atoms with Crippen LogP contribution in [0.5, 0.6) is 0 Å². The molecule has 0 saturated heterocycles. The second-order valence-corrected chi connectivity index (χ2v) is 5.74. The molecular formula is C13H14BrF2NO. The minimum Gasteiger partial charge on any atom is -0.398 e. The van der Waals surface area contributed by atoms with Gasteiger partial charge < -0.3 is 5.73 Å². The van der Waals surface area contributed by atoms with Crippen LogP contribution in [0.3, 0.4) is 0 Å². The maximum absolute atomic E-state index is 13.0. The molecule has 0 bridgehead atoms. The maximum atomic E-state index is 13.0. The lowest BCUT2D eigenvalue weighted by Gasteiger charge is -2.11. The molecule has 1 aliphatic rings. The molecule has 2 rings (SSSR count). The van der Waals surface area contributed by atoms with E-state index >= 15 is 0 Å². The zero-order valence-corrected chi connectivity index (χ0v) is 11.3. The van der Waals surface area contributed by atoms with Gasteiger partial charge in [-0.25, -0.2) is 8.78 Å². The van der Waals surface area contributed by atoms with Crippen molar-refractivity contribution in [3.63, 3.8) is 0 Å². The van der Waals surface area contributed by atoms with E-state index in [2.05, 4.69) is 15.9 Å². The number of nitrogens with two attached hydrogens (primary N) is 1. The highest BCUT2D eigenvalue weighted by molar-refractivity contribution is 9.10. The fourth-order valence-corrected chi connectivity index (χ4v) is 2.72. The number of hydrogen-bond donors (Lipinski definition) is 1. The fraction of sp³-hybridized carbons (Fsp3) is 0.462. The predicted octanol–water partition coefficient (Wildman–Crippen LogP) is 4.04. The van der Waals surface area contributed by atoms with Gasteiger partial charge in [0.05, 0.1) is 0 Å². The number of halogens is 3. The van der Waals surface area contributed by atoms with E-state index in [0.29, 0.717) is 17.7 Å². The first-order chi connectivity index (χ1) is 8.37. The summed E-state index contributed by atoms with van der Waals surface area (Å²) in [6.07, 6.45) is 0.258. The standard InChI is InChI=1S/C13H14BrF2NO/c14-9-1-2-11(17)10(6-9)12(18)5-8-3-4-13(15,16)7-8/h1-2,6,8H,3-5,7,17H2. The van der Waals surface area contributed by atoms with Crippen molar-refractivity contribution in [1.82, 2.24) is 0 Å². The Morgan fingerprint density at radius 2 is 2.22 bits per heavy atom. The van der Waals surface area contributed by atoms with Crippen molar-refractivity contribution in [2.24, 2.45) is 5.92 Å². The molecule has 0 aliphatic heterocycles. The Hall–Kier alpha value is -0.970. The maximum Gasteiger partial charge on any atom is 0.248 e. The third-order valence-electron chi connectivity index (χ3n) is 3.30. The molecule has 1 atom stereocenters. The molecule has 98 valence electrons. The summed E-state index contributed by atoms with van der Waals surface area (Å²) in [5, 5.41) is 0. The van der Waals surface area contributed by atoms with Crippen molar-refractivity contribution >= 4 is 27.4 Å². The van der Waals surface area contributed by atoms with Gasteiger partial charge in [-0.1, -0.05) is 15.9 Å². The van der Waals surface area contributed by atoms with Gasteiger partial charge in [0, 0.05) is 35.0 Å². The highest BCUT2D eigenvalue weighted by Crippen LogP contribution is 2.41. The number of carbonyl (C=O) groups is 1. The van der Waals surface area contributed by atoms with E-state index in [9.17, 15) is 13.6 Å². The lowest BCUT2D eigenvalue weighted by atomic mass is 9.96. The summed E-state index contributed by atoms with van der Waals surface area (Å²) >= 11 is 3.27. The largest absolute Gasteiger partial charge is 0.398 e. The Morgan fingerprint density at radius 1 is 1.50 bits per heavy atom. The lowest BCUT2D eigenvalue weighted by Crippen LogP contribution is -2.12. The van der Waals surface area contributed by atoms with Crippen LogP contribution in [0.25, 0.3) is 0 Å². The average Bonchev–Trinajstić information content (AvgIpc) is 2.61. The molecule has 0 amide bonds. The second-order valence-electron chi connectivity index (χ2n) is 4.82. The van der Waals surface area contributed by atoms with E-state index in [0.717, 1.165) is 4.47 Å². The number of carbonyl (C=O) groups excluding carboxylic acids is 1. The molecule has 1 unspecified atom stereocenters. The van der Waals surface area contributed by atoms with Crippen LogP contribution in [0.4, 0.5) is 14.5 Å². The molecule has 18 heavy (non-hydrogen) atoms. The van der Waals surface area contributed by atoms with Crippen molar-refractivity contribution in [1.29, 1.82) is 0 Å². The van der Waals surface area contributed by atoms with Crippen LogP contribution in [0.15, 0.2) is 22.7 Å². The van der Waals surface area contributed by atoms with Crippen molar-refractivity contribution in [3.05, 3.63) is 28.2 Å². The van der Waals surface area contributed by atoms with Gasteiger partial charge in [-0.05, 0) is 30.5 Å². The minimum atomic E-state index is -2.60. The molecule has 1 fully saturated rings. The Balaban J connectivity index is 2.06. The summed E-state index contributed by atoms with van der Waals surface area (Å²) in [4.78, 5) is 12.0. The van der Waals surface area contributed by atoms with Gasteiger partial charge in [0.15, 0.2) is 5.78 Å². The van der Waals surface area contributed by atoms with E-state index in [1.54, 1.807) is 18.2 Å². The Labute approximate surface area is 113 Å². The van der Waals surface area contributed by atoms with Crippen molar-refractivity contribution in [2.75, 3.05) is 5.73 Å². The monoisotopic (exact) mass is 317 g/mol. The van der Waals surface area contributed by atoms with Gasteiger partial charge in [-0.2, -0.15) is 0 Å². The van der Waals surface area contributed by atoms with Crippen LogP contribution in [-0.4, -0.2) is 11.7 Å². The normalized spacial score (nSPS) is 22.1. The zero-order chi connectivity index (χ0) is 13.3. The molecule has 1 aliphatic carbocycles. The smallest absolute Gasteiger partial charge is 0.248 e.